The van der Waals surface area contributed by atoms with Crippen LogP contribution in [-0.2, 0) is 4.79 Å². The van der Waals surface area contributed by atoms with E-state index in [1.54, 1.807) is 17.7 Å². The molecule has 134 valence electrons. The van der Waals surface area contributed by atoms with E-state index in [1.165, 1.54) is 28.6 Å². The van der Waals surface area contributed by atoms with Crippen LogP contribution in [-0.4, -0.2) is 39.6 Å². The molecule has 0 radical (unpaired) electrons. The fourth-order valence-corrected chi connectivity index (χ4v) is 5.28. The van der Waals surface area contributed by atoms with Gasteiger partial charge in [-0.05, 0) is 30.4 Å². The SMILES string of the molecule is C[C@@H]1CCCN(C(=O)CSc2ncnc3sc(-c4ccccc4)cc23)C1. The quantitative estimate of drug-likeness (QED) is 0.483. The summed E-state index contributed by atoms with van der Waals surface area (Å²) in [6, 6.07) is 12.5. The molecule has 4 rings (SSSR count). The molecule has 3 aromatic rings. The highest BCUT2D eigenvalue weighted by molar-refractivity contribution is 8.00. The molecule has 1 aliphatic heterocycles. The minimum atomic E-state index is 0.215. The summed E-state index contributed by atoms with van der Waals surface area (Å²) >= 11 is 3.19. The maximum atomic E-state index is 12.5. The van der Waals surface area contributed by atoms with Gasteiger partial charge in [0, 0.05) is 23.4 Å². The molecule has 6 heteroatoms. The molecule has 1 amide bonds. The van der Waals surface area contributed by atoms with Crippen LogP contribution in [0.1, 0.15) is 19.8 Å². The molecule has 0 bridgehead atoms. The molecule has 26 heavy (non-hydrogen) atoms. The zero-order valence-corrected chi connectivity index (χ0v) is 16.4. The van der Waals surface area contributed by atoms with Gasteiger partial charge in [0.25, 0.3) is 0 Å². The topological polar surface area (TPSA) is 46.1 Å². The van der Waals surface area contributed by atoms with E-state index >= 15 is 0 Å². The van der Waals surface area contributed by atoms with E-state index in [-0.39, 0.29) is 5.91 Å². The maximum Gasteiger partial charge on any atom is 0.232 e. The van der Waals surface area contributed by atoms with E-state index in [2.05, 4.69) is 35.1 Å². The Kier molecular flexibility index (Phi) is 5.22. The molecule has 1 atom stereocenters. The summed E-state index contributed by atoms with van der Waals surface area (Å²) in [6.45, 7) is 3.99. The molecule has 4 nitrogen and oxygen atoms in total. The van der Waals surface area contributed by atoms with Crippen molar-refractivity contribution >= 4 is 39.2 Å². The number of likely N-dealkylation sites (tertiary alicyclic amines) is 1. The third-order valence-electron chi connectivity index (χ3n) is 4.69. The number of benzene rings is 1. The number of nitrogens with zero attached hydrogens (tertiary/aromatic N) is 3. The first-order valence-corrected chi connectivity index (χ1v) is 10.7. The number of piperidine rings is 1. The summed E-state index contributed by atoms with van der Waals surface area (Å²) < 4.78 is 0. The number of rotatable bonds is 4. The van der Waals surface area contributed by atoms with Gasteiger partial charge in [-0.1, -0.05) is 49.0 Å². The van der Waals surface area contributed by atoms with Gasteiger partial charge in [-0.15, -0.1) is 11.3 Å². The summed E-state index contributed by atoms with van der Waals surface area (Å²) in [4.78, 5) is 25.5. The molecule has 1 aliphatic rings. The van der Waals surface area contributed by atoms with Crippen LogP contribution in [0.25, 0.3) is 20.7 Å². The molecule has 3 heterocycles. The molecule has 1 fully saturated rings. The number of hydrogen-bond acceptors (Lipinski definition) is 5. The van der Waals surface area contributed by atoms with Gasteiger partial charge in [-0.25, -0.2) is 9.97 Å². The van der Waals surface area contributed by atoms with Gasteiger partial charge < -0.3 is 4.90 Å². The zero-order valence-electron chi connectivity index (χ0n) is 14.7. The molecule has 2 aromatic heterocycles. The number of thiophene rings is 1. The summed E-state index contributed by atoms with van der Waals surface area (Å²) in [7, 11) is 0. The second-order valence-electron chi connectivity index (χ2n) is 6.75. The first kappa shape index (κ1) is 17.5. The lowest BCUT2D eigenvalue weighted by molar-refractivity contribution is -0.130. The number of amides is 1. The van der Waals surface area contributed by atoms with Crippen molar-refractivity contribution in [2.75, 3.05) is 18.8 Å². The highest BCUT2D eigenvalue weighted by atomic mass is 32.2. The van der Waals surface area contributed by atoms with Crippen molar-refractivity contribution in [3.8, 4) is 10.4 Å². The van der Waals surface area contributed by atoms with Gasteiger partial charge in [-0.3, -0.25) is 4.79 Å². The lowest BCUT2D eigenvalue weighted by atomic mass is 10.0. The van der Waals surface area contributed by atoms with Gasteiger partial charge in [0.1, 0.15) is 16.2 Å². The number of thioether (sulfide) groups is 1. The second-order valence-corrected chi connectivity index (χ2v) is 8.74. The Hall–Kier alpha value is -1.92. The number of fused-ring (bicyclic) bond motifs is 1. The summed E-state index contributed by atoms with van der Waals surface area (Å²) in [5.41, 5.74) is 1.19. The monoisotopic (exact) mass is 383 g/mol. The van der Waals surface area contributed by atoms with E-state index in [1.807, 2.05) is 23.1 Å². The van der Waals surface area contributed by atoms with Crippen LogP contribution in [0.4, 0.5) is 0 Å². The average molecular weight is 384 g/mol. The predicted molar refractivity (Wildman–Crippen MR) is 109 cm³/mol. The Balaban J connectivity index is 1.51. The highest BCUT2D eigenvalue weighted by Gasteiger charge is 2.21. The fourth-order valence-electron chi connectivity index (χ4n) is 3.33. The molecule has 1 aromatic carbocycles. The highest BCUT2D eigenvalue weighted by Crippen LogP contribution is 2.36. The molecule has 1 saturated heterocycles. The van der Waals surface area contributed by atoms with Gasteiger partial charge in [0.15, 0.2) is 0 Å². The van der Waals surface area contributed by atoms with E-state index < -0.39 is 0 Å². The molecule has 0 unspecified atom stereocenters. The summed E-state index contributed by atoms with van der Waals surface area (Å²) in [5.74, 6) is 1.26. The van der Waals surface area contributed by atoms with Crippen LogP contribution in [0.15, 0.2) is 47.8 Å². The van der Waals surface area contributed by atoms with Crippen LogP contribution < -0.4 is 0 Å². The number of hydrogen-bond donors (Lipinski definition) is 0. The molecular formula is C20H21N3OS2. The summed E-state index contributed by atoms with van der Waals surface area (Å²) in [5, 5.41) is 1.94. The van der Waals surface area contributed by atoms with Crippen LogP contribution in [0.2, 0.25) is 0 Å². The van der Waals surface area contributed by atoms with Crippen molar-refractivity contribution in [3.05, 3.63) is 42.7 Å². The van der Waals surface area contributed by atoms with Crippen molar-refractivity contribution in [1.29, 1.82) is 0 Å². The Morgan fingerprint density at radius 3 is 2.96 bits per heavy atom. The van der Waals surface area contributed by atoms with Gasteiger partial charge >= 0.3 is 0 Å². The van der Waals surface area contributed by atoms with Crippen molar-refractivity contribution < 1.29 is 4.79 Å². The minimum Gasteiger partial charge on any atom is -0.342 e. The standard InChI is InChI=1S/C20H21N3OS2/c1-14-6-5-9-23(11-14)18(24)12-25-19-16-10-17(15-7-3-2-4-8-15)26-20(16)22-13-21-19/h2-4,7-8,10,13-14H,5-6,9,11-12H2,1H3/t14-/m1/s1. The van der Waals surface area contributed by atoms with Crippen LogP contribution in [0.5, 0.6) is 0 Å². The largest absolute Gasteiger partial charge is 0.342 e. The fraction of sp³-hybridized carbons (Fsp3) is 0.350. The summed E-state index contributed by atoms with van der Waals surface area (Å²) in [6.07, 6.45) is 3.93. The van der Waals surface area contributed by atoms with Crippen molar-refractivity contribution in [3.63, 3.8) is 0 Å². The zero-order chi connectivity index (χ0) is 17.9. The van der Waals surface area contributed by atoms with Gasteiger partial charge in [-0.2, -0.15) is 0 Å². The van der Waals surface area contributed by atoms with E-state index in [0.717, 1.165) is 34.8 Å². The van der Waals surface area contributed by atoms with E-state index in [4.69, 9.17) is 0 Å². The van der Waals surface area contributed by atoms with Crippen LogP contribution in [0.3, 0.4) is 0 Å². The van der Waals surface area contributed by atoms with E-state index in [0.29, 0.717) is 11.7 Å². The normalized spacial score (nSPS) is 17.6. The first-order chi connectivity index (χ1) is 12.7. The molecule has 0 aliphatic carbocycles. The third kappa shape index (κ3) is 3.76. The van der Waals surface area contributed by atoms with Crippen molar-refractivity contribution in [2.45, 2.75) is 24.8 Å². The Morgan fingerprint density at radius 2 is 2.15 bits per heavy atom. The first-order valence-electron chi connectivity index (χ1n) is 8.91. The lowest BCUT2D eigenvalue weighted by Gasteiger charge is -2.30. The number of aromatic nitrogens is 2. The predicted octanol–water partition coefficient (Wildman–Crippen LogP) is 4.71. The van der Waals surface area contributed by atoms with Gasteiger partial charge in [0.2, 0.25) is 5.91 Å². The van der Waals surface area contributed by atoms with Crippen LogP contribution in [0, 0.1) is 5.92 Å². The smallest absolute Gasteiger partial charge is 0.232 e. The average Bonchev–Trinajstić information content (AvgIpc) is 3.12. The Labute approximate surface area is 161 Å². The minimum absolute atomic E-state index is 0.215. The van der Waals surface area contributed by atoms with Gasteiger partial charge in [0.05, 0.1) is 5.75 Å². The second kappa shape index (κ2) is 7.76. The lowest BCUT2D eigenvalue weighted by Crippen LogP contribution is -2.40. The van der Waals surface area contributed by atoms with Crippen molar-refractivity contribution in [2.24, 2.45) is 5.92 Å². The Morgan fingerprint density at radius 1 is 1.31 bits per heavy atom. The van der Waals surface area contributed by atoms with E-state index in [9.17, 15) is 4.79 Å². The molecule has 0 N–H and O–H groups in total. The van der Waals surface area contributed by atoms with Crippen molar-refractivity contribution in [1.82, 2.24) is 14.9 Å². The maximum absolute atomic E-state index is 12.5. The number of carbonyl (C=O) groups excluding carboxylic acids is 1. The molecule has 0 saturated carbocycles. The Bertz CT molecular complexity index is 910. The molecule has 0 spiro atoms. The third-order valence-corrected chi connectivity index (χ3v) is 6.78. The molecular weight excluding hydrogens is 362 g/mol. The van der Waals surface area contributed by atoms with Crippen LogP contribution >= 0.6 is 23.1 Å². The number of carbonyl (C=O) groups is 1.